The number of benzene rings is 1. The molecular formula is C15H18N4O2. The zero-order chi connectivity index (χ0) is 15.6. The topological polar surface area (TPSA) is 82.4 Å². The van der Waals surface area contributed by atoms with Crippen molar-refractivity contribution in [3.63, 3.8) is 0 Å². The van der Waals surface area contributed by atoms with Crippen molar-refractivity contribution < 1.29 is 0 Å². The molecule has 6 nitrogen and oxygen atoms in total. The third kappa shape index (κ3) is 2.79. The van der Waals surface area contributed by atoms with Crippen LogP contribution in [0, 0.1) is 0 Å². The molecule has 6 heteroatoms. The number of aliphatic imine (C=N–C) groups is 1. The Balaban J connectivity index is 2.46. The molecule has 2 aromatic rings. The lowest BCUT2D eigenvalue weighted by molar-refractivity contribution is 0.695. The summed E-state index contributed by atoms with van der Waals surface area (Å²) in [5.74, 6) is 0.0597. The number of aryl methyl sites for hydroxylation is 1. The molecule has 0 spiro atoms. The maximum atomic E-state index is 12.0. The van der Waals surface area contributed by atoms with Crippen molar-refractivity contribution in [1.29, 1.82) is 0 Å². The summed E-state index contributed by atoms with van der Waals surface area (Å²) in [6, 6.07) is 7.85. The van der Waals surface area contributed by atoms with Crippen molar-refractivity contribution in [2.24, 2.45) is 19.1 Å². The first-order valence-corrected chi connectivity index (χ1v) is 6.64. The summed E-state index contributed by atoms with van der Waals surface area (Å²) < 4.78 is 2.19. The van der Waals surface area contributed by atoms with Gasteiger partial charge >= 0.3 is 5.69 Å². The Bertz CT molecular complexity index is 798. The fourth-order valence-corrected chi connectivity index (χ4v) is 1.94. The Kier molecular flexibility index (Phi) is 4.07. The molecule has 2 N–H and O–H groups in total. The van der Waals surface area contributed by atoms with Gasteiger partial charge in [-0.15, -0.1) is 0 Å². The van der Waals surface area contributed by atoms with E-state index in [1.807, 2.05) is 24.3 Å². The van der Waals surface area contributed by atoms with Crippen molar-refractivity contribution in [2.75, 3.05) is 5.73 Å². The van der Waals surface area contributed by atoms with Crippen LogP contribution in [0.1, 0.15) is 18.1 Å². The van der Waals surface area contributed by atoms with Crippen molar-refractivity contribution in [3.8, 4) is 0 Å². The van der Waals surface area contributed by atoms with Gasteiger partial charge in [0.05, 0.1) is 0 Å². The van der Waals surface area contributed by atoms with E-state index in [9.17, 15) is 9.59 Å². The molecule has 1 aromatic heterocycles. The van der Waals surface area contributed by atoms with E-state index in [-0.39, 0.29) is 11.5 Å². The minimum Gasteiger partial charge on any atom is -0.383 e. The Morgan fingerprint density at radius 3 is 2.33 bits per heavy atom. The highest BCUT2D eigenvalue weighted by Gasteiger charge is 2.11. The smallest absolute Gasteiger partial charge is 0.332 e. The minimum atomic E-state index is -0.503. The second-order valence-electron chi connectivity index (χ2n) is 4.79. The van der Waals surface area contributed by atoms with Crippen molar-refractivity contribution in [2.45, 2.75) is 13.3 Å². The van der Waals surface area contributed by atoms with E-state index in [0.29, 0.717) is 0 Å². The lowest BCUT2D eigenvalue weighted by atomic mass is 10.1. The Morgan fingerprint density at radius 1 is 1.14 bits per heavy atom. The summed E-state index contributed by atoms with van der Waals surface area (Å²) in [6.45, 7) is 2.08. The molecule has 0 aliphatic heterocycles. The van der Waals surface area contributed by atoms with Crippen LogP contribution in [-0.4, -0.2) is 15.3 Å². The number of nitrogen functional groups attached to an aromatic ring is 1. The lowest BCUT2D eigenvalue weighted by Crippen LogP contribution is -2.37. The molecular weight excluding hydrogens is 268 g/mol. The van der Waals surface area contributed by atoms with Crippen molar-refractivity contribution in [1.82, 2.24) is 9.13 Å². The first kappa shape index (κ1) is 14.8. The van der Waals surface area contributed by atoms with Crippen LogP contribution in [0.3, 0.4) is 0 Å². The van der Waals surface area contributed by atoms with Crippen LogP contribution in [0.25, 0.3) is 0 Å². The highest BCUT2D eigenvalue weighted by atomic mass is 16.2. The van der Waals surface area contributed by atoms with Gasteiger partial charge in [0.1, 0.15) is 5.82 Å². The van der Waals surface area contributed by atoms with Crippen molar-refractivity contribution >= 4 is 17.7 Å². The van der Waals surface area contributed by atoms with Crippen LogP contribution < -0.4 is 17.0 Å². The molecule has 0 unspecified atom stereocenters. The highest BCUT2D eigenvalue weighted by Crippen LogP contribution is 2.13. The fourth-order valence-electron chi connectivity index (χ4n) is 1.94. The number of hydrogen-bond acceptors (Lipinski definition) is 4. The summed E-state index contributed by atoms with van der Waals surface area (Å²) in [7, 11) is 2.91. The van der Waals surface area contributed by atoms with Crippen molar-refractivity contribution in [3.05, 3.63) is 56.2 Å². The maximum Gasteiger partial charge on any atom is 0.332 e. The molecule has 110 valence electrons. The summed E-state index contributed by atoms with van der Waals surface area (Å²) in [5, 5.41) is 0. The molecule has 0 saturated carbocycles. The minimum absolute atomic E-state index is 0.0597. The summed E-state index contributed by atoms with van der Waals surface area (Å²) >= 11 is 0. The van der Waals surface area contributed by atoms with Crippen LogP contribution in [0.5, 0.6) is 0 Å². The molecule has 0 radical (unpaired) electrons. The van der Waals surface area contributed by atoms with Crippen LogP contribution >= 0.6 is 0 Å². The number of hydrogen-bond donors (Lipinski definition) is 1. The van der Waals surface area contributed by atoms with Gasteiger partial charge in [0.15, 0.2) is 5.69 Å². The van der Waals surface area contributed by atoms with Gasteiger partial charge in [-0.05, 0) is 17.5 Å². The molecule has 0 atom stereocenters. The molecule has 1 heterocycles. The Hall–Kier alpha value is -2.63. The van der Waals surface area contributed by atoms with Gasteiger partial charge < -0.3 is 5.73 Å². The lowest BCUT2D eigenvalue weighted by Gasteiger charge is -2.08. The Labute approximate surface area is 122 Å². The Morgan fingerprint density at radius 2 is 1.76 bits per heavy atom. The van der Waals surface area contributed by atoms with Gasteiger partial charge in [0, 0.05) is 20.3 Å². The van der Waals surface area contributed by atoms with Crippen LogP contribution in [-0.2, 0) is 20.5 Å². The molecule has 0 bridgehead atoms. The fraction of sp³-hybridized carbons (Fsp3) is 0.267. The molecule has 0 aliphatic carbocycles. The predicted molar refractivity (Wildman–Crippen MR) is 84.4 cm³/mol. The van der Waals surface area contributed by atoms with Gasteiger partial charge in [-0.1, -0.05) is 31.2 Å². The zero-order valence-corrected chi connectivity index (χ0v) is 12.3. The number of nitrogens with zero attached hydrogens (tertiary/aromatic N) is 3. The SMILES string of the molecule is CCc1ccc(C=Nc2c(N)n(C)c(=O)n(C)c2=O)cc1. The van der Waals surface area contributed by atoms with Gasteiger partial charge in [-0.3, -0.25) is 13.9 Å². The largest absolute Gasteiger partial charge is 0.383 e. The zero-order valence-electron chi connectivity index (χ0n) is 12.3. The molecule has 2 rings (SSSR count). The van der Waals surface area contributed by atoms with Crippen LogP contribution in [0.4, 0.5) is 11.5 Å². The highest BCUT2D eigenvalue weighted by molar-refractivity contribution is 5.83. The molecule has 0 fully saturated rings. The summed E-state index contributed by atoms with van der Waals surface area (Å²) in [4.78, 5) is 27.9. The number of anilines is 1. The summed E-state index contributed by atoms with van der Waals surface area (Å²) in [5.41, 5.74) is 6.99. The third-order valence-electron chi connectivity index (χ3n) is 3.42. The van der Waals surface area contributed by atoms with E-state index in [1.54, 1.807) is 6.21 Å². The number of aromatic nitrogens is 2. The molecule has 0 saturated heterocycles. The van der Waals surface area contributed by atoms with Gasteiger partial charge in [0.2, 0.25) is 0 Å². The second kappa shape index (κ2) is 5.78. The quantitative estimate of drug-likeness (QED) is 0.854. The maximum absolute atomic E-state index is 12.0. The number of nitrogens with two attached hydrogens (primary N) is 1. The van der Waals surface area contributed by atoms with Crippen LogP contribution in [0.15, 0.2) is 38.8 Å². The molecule has 0 aliphatic rings. The van der Waals surface area contributed by atoms with Gasteiger partial charge in [0.25, 0.3) is 5.56 Å². The van der Waals surface area contributed by atoms with E-state index in [0.717, 1.165) is 16.6 Å². The summed E-state index contributed by atoms with van der Waals surface area (Å²) in [6.07, 6.45) is 2.53. The molecule has 0 amide bonds. The third-order valence-corrected chi connectivity index (χ3v) is 3.42. The first-order valence-electron chi connectivity index (χ1n) is 6.64. The normalized spacial score (nSPS) is 11.2. The van der Waals surface area contributed by atoms with E-state index in [1.165, 1.54) is 24.2 Å². The van der Waals surface area contributed by atoms with E-state index < -0.39 is 11.2 Å². The van der Waals surface area contributed by atoms with Gasteiger partial charge in [-0.25, -0.2) is 9.79 Å². The van der Waals surface area contributed by atoms with E-state index in [4.69, 9.17) is 5.73 Å². The standard InChI is InChI=1S/C15H18N4O2/c1-4-10-5-7-11(8-6-10)9-17-12-13(16)18(2)15(21)19(3)14(12)20/h5-9H,4,16H2,1-3H3. The molecule has 21 heavy (non-hydrogen) atoms. The first-order chi connectivity index (χ1) is 9.95. The van der Waals surface area contributed by atoms with Gasteiger partial charge in [-0.2, -0.15) is 0 Å². The number of rotatable bonds is 3. The monoisotopic (exact) mass is 286 g/mol. The second-order valence-corrected chi connectivity index (χ2v) is 4.79. The van der Waals surface area contributed by atoms with E-state index >= 15 is 0 Å². The predicted octanol–water partition coefficient (Wildman–Crippen LogP) is 0.979. The van der Waals surface area contributed by atoms with Crippen LogP contribution in [0.2, 0.25) is 0 Å². The van der Waals surface area contributed by atoms with E-state index in [2.05, 4.69) is 11.9 Å². The molecule has 1 aromatic carbocycles. The average Bonchev–Trinajstić information content (AvgIpc) is 2.51. The average molecular weight is 286 g/mol.